The maximum Gasteiger partial charge on any atom is 0.413 e. The summed E-state index contributed by atoms with van der Waals surface area (Å²) in [6.45, 7) is -0.162. The molecule has 2 aromatic heterocycles. The van der Waals surface area contributed by atoms with E-state index in [0.717, 1.165) is 0 Å². The van der Waals surface area contributed by atoms with Crippen molar-refractivity contribution < 1.29 is 18.7 Å². The zero-order valence-corrected chi connectivity index (χ0v) is 17.2. The number of nitriles is 1. The molecule has 10 nitrogen and oxygen atoms in total. The molecule has 1 aliphatic carbocycles. The van der Waals surface area contributed by atoms with Gasteiger partial charge in [-0.25, -0.2) is 19.2 Å². The Morgan fingerprint density at radius 1 is 1.18 bits per heavy atom. The molecule has 0 spiro atoms. The molecule has 166 valence electrons. The molecule has 0 atom stereocenters. The minimum atomic E-state index is -1.11. The summed E-state index contributed by atoms with van der Waals surface area (Å²) in [5, 5.41) is 17.2. The van der Waals surface area contributed by atoms with Gasteiger partial charge < -0.3 is 20.7 Å². The van der Waals surface area contributed by atoms with Crippen LogP contribution in [0.2, 0.25) is 0 Å². The number of nitrogens with one attached hydrogen (secondary N) is 3. The van der Waals surface area contributed by atoms with Crippen molar-refractivity contribution in [3.05, 3.63) is 72.3 Å². The molecule has 3 aromatic rings. The highest BCUT2D eigenvalue weighted by molar-refractivity contribution is 5.93. The second kappa shape index (κ2) is 9.27. The summed E-state index contributed by atoms with van der Waals surface area (Å²) in [5.41, 5.74) is 0.222. The lowest BCUT2D eigenvalue weighted by Gasteiger charge is -2.17. The second-order valence-corrected chi connectivity index (χ2v) is 7.29. The highest BCUT2D eigenvalue weighted by Gasteiger charge is 2.51. The zero-order valence-electron chi connectivity index (χ0n) is 17.2. The first-order valence-corrected chi connectivity index (χ1v) is 9.93. The molecule has 0 bridgehead atoms. The van der Waals surface area contributed by atoms with Crippen LogP contribution < -0.4 is 20.7 Å². The lowest BCUT2D eigenvalue weighted by atomic mass is 10.2. The summed E-state index contributed by atoms with van der Waals surface area (Å²) >= 11 is 0. The molecule has 1 saturated carbocycles. The Kier molecular flexibility index (Phi) is 6.08. The number of nitrogens with zero attached hydrogens (tertiary/aromatic N) is 4. The molecule has 2 heterocycles. The van der Waals surface area contributed by atoms with Crippen LogP contribution in [0.25, 0.3) is 0 Å². The van der Waals surface area contributed by atoms with E-state index in [-0.39, 0.29) is 18.0 Å². The van der Waals surface area contributed by atoms with E-state index < -0.39 is 23.4 Å². The fourth-order valence-electron chi connectivity index (χ4n) is 3.04. The van der Waals surface area contributed by atoms with Gasteiger partial charge in [0, 0.05) is 6.07 Å². The quantitative estimate of drug-likeness (QED) is 0.502. The lowest BCUT2D eigenvalue weighted by molar-refractivity contribution is -0.124. The van der Waals surface area contributed by atoms with Crippen molar-refractivity contribution in [1.82, 2.24) is 25.6 Å². The Hall–Kier alpha value is -4.59. The van der Waals surface area contributed by atoms with Crippen LogP contribution in [0.15, 0.2) is 55.2 Å². The molecule has 1 aromatic carbocycles. The van der Waals surface area contributed by atoms with E-state index in [2.05, 4.69) is 37.0 Å². The van der Waals surface area contributed by atoms with Crippen LogP contribution in [0.4, 0.5) is 20.6 Å². The predicted octanol–water partition coefficient (Wildman–Crippen LogP) is 2.56. The number of para-hydroxylation sites is 1. The molecule has 0 aliphatic heterocycles. The van der Waals surface area contributed by atoms with Gasteiger partial charge in [0.2, 0.25) is 5.91 Å². The summed E-state index contributed by atoms with van der Waals surface area (Å²) in [7, 11) is 0. The fraction of sp³-hybridized carbons (Fsp3) is 0.182. The number of pyridine rings is 1. The van der Waals surface area contributed by atoms with Gasteiger partial charge in [-0.3, -0.25) is 9.78 Å². The molecule has 3 N–H and O–H groups in total. The minimum absolute atomic E-state index is 0.0299. The normalized spacial score (nSPS) is 13.3. The average Bonchev–Trinajstić information content (AvgIpc) is 3.60. The van der Waals surface area contributed by atoms with Crippen LogP contribution in [0.3, 0.4) is 0 Å². The summed E-state index contributed by atoms with van der Waals surface area (Å²) < 4.78 is 19.6. The van der Waals surface area contributed by atoms with Crippen molar-refractivity contribution in [3.8, 4) is 11.8 Å². The summed E-state index contributed by atoms with van der Waals surface area (Å²) in [6.07, 6.45) is 5.38. The molecule has 2 amide bonds. The summed E-state index contributed by atoms with van der Waals surface area (Å²) in [6, 6.07) is 10.1. The first kappa shape index (κ1) is 21.6. The van der Waals surface area contributed by atoms with Gasteiger partial charge in [-0.1, -0.05) is 12.1 Å². The maximum atomic E-state index is 14.5. The van der Waals surface area contributed by atoms with E-state index in [9.17, 15) is 14.0 Å². The van der Waals surface area contributed by atoms with Gasteiger partial charge in [0.15, 0.2) is 5.75 Å². The monoisotopic (exact) mass is 447 g/mol. The Morgan fingerprint density at radius 3 is 2.64 bits per heavy atom. The Bertz CT molecular complexity index is 1230. The van der Waals surface area contributed by atoms with E-state index in [1.807, 2.05) is 0 Å². The highest BCUT2D eigenvalue weighted by Crippen LogP contribution is 2.35. The third-order valence-electron chi connectivity index (χ3n) is 4.93. The SMILES string of the molecule is N#Cc1ccccc1Nc1cnc(CNC(=O)C2(NC(=O)Oc3cncnc3)CC2)c(F)c1. The van der Waals surface area contributed by atoms with Crippen molar-refractivity contribution >= 4 is 23.4 Å². The van der Waals surface area contributed by atoms with Crippen molar-refractivity contribution in [3.63, 3.8) is 0 Å². The molecule has 1 aliphatic rings. The molecule has 0 unspecified atom stereocenters. The Balaban J connectivity index is 1.33. The van der Waals surface area contributed by atoms with Gasteiger partial charge in [0.25, 0.3) is 0 Å². The van der Waals surface area contributed by atoms with E-state index in [1.165, 1.54) is 31.0 Å². The molecular weight excluding hydrogens is 429 g/mol. The maximum absolute atomic E-state index is 14.5. The van der Waals surface area contributed by atoms with Gasteiger partial charge in [-0.15, -0.1) is 0 Å². The van der Waals surface area contributed by atoms with E-state index in [1.54, 1.807) is 24.3 Å². The number of amides is 2. The van der Waals surface area contributed by atoms with Gasteiger partial charge in [-0.05, 0) is 25.0 Å². The van der Waals surface area contributed by atoms with Crippen molar-refractivity contribution in [2.24, 2.45) is 0 Å². The fourth-order valence-corrected chi connectivity index (χ4v) is 3.04. The van der Waals surface area contributed by atoms with Crippen LogP contribution in [0.5, 0.6) is 5.75 Å². The van der Waals surface area contributed by atoms with Crippen molar-refractivity contribution in [2.75, 3.05) is 5.32 Å². The molecule has 0 saturated heterocycles. The molecular formula is C22H18FN7O3. The van der Waals surface area contributed by atoms with Crippen molar-refractivity contribution in [2.45, 2.75) is 24.9 Å². The molecule has 11 heteroatoms. The predicted molar refractivity (Wildman–Crippen MR) is 114 cm³/mol. The highest BCUT2D eigenvalue weighted by atomic mass is 19.1. The first-order valence-electron chi connectivity index (χ1n) is 9.93. The average molecular weight is 447 g/mol. The number of halogens is 1. The van der Waals surface area contributed by atoms with Crippen LogP contribution >= 0.6 is 0 Å². The lowest BCUT2D eigenvalue weighted by Crippen LogP contribution is -2.49. The van der Waals surface area contributed by atoms with Gasteiger partial charge in [0.1, 0.15) is 23.8 Å². The number of benzene rings is 1. The molecule has 0 radical (unpaired) electrons. The van der Waals surface area contributed by atoms with Gasteiger partial charge in [0.05, 0.1) is 47.8 Å². The number of aromatic nitrogens is 3. The standard InChI is InChI=1S/C22H18FN7O3/c23-17-7-15(29-18-4-2-1-3-14(18)8-24)9-27-19(17)12-28-20(31)22(5-6-22)30-21(32)33-16-10-25-13-26-11-16/h1-4,7,9-11,13,29H,5-6,12H2,(H,28,31)(H,30,32). The van der Waals surface area contributed by atoms with E-state index >= 15 is 0 Å². The number of rotatable bonds is 7. The number of carbonyl (C=O) groups is 2. The topological polar surface area (TPSA) is 142 Å². The minimum Gasteiger partial charge on any atom is -0.407 e. The van der Waals surface area contributed by atoms with Crippen LogP contribution in [0, 0.1) is 17.1 Å². The third-order valence-corrected chi connectivity index (χ3v) is 4.93. The number of anilines is 2. The largest absolute Gasteiger partial charge is 0.413 e. The third kappa shape index (κ3) is 5.19. The first-order chi connectivity index (χ1) is 16.0. The summed E-state index contributed by atoms with van der Waals surface area (Å²) in [5.74, 6) is -0.949. The zero-order chi connectivity index (χ0) is 23.3. The molecule has 33 heavy (non-hydrogen) atoms. The Labute approximate surface area is 187 Å². The molecule has 4 rings (SSSR count). The number of hydrogen-bond acceptors (Lipinski definition) is 8. The van der Waals surface area contributed by atoms with E-state index in [4.69, 9.17) is 10.00 Å². The Morgan fingerprint density at radius 2 is 1.94 bits per heavy atom. The van der Waals surface area contributed by atoms with Gasteiger partial charge in [-0.2, -0.15) is 5.26 Å². The van der Waals surface area contributed by atoms with Crippen LogP contribution in [-0.2, 0) is 11.3 Å². The number of carbonyl (C=O) groups excluding carboxylic acids is 2. The summed E-state index contributed by atoms with van der Waals surface area (Å²) in [4.78, 5) is 36.2. The van der Waals surface area contributed by atoms with E-state index in [0.29, 0.717) is 29.8 Å². The van der Waals surface area contributed by atoms with Gasteiger partial charge >= 0.3 is 6.09 Å². The smallest absolute Gasteiger partial charge is 0.407 e. The molecule has 1 fully saturated rings. The number of hydrogen-bond donors (Lipinski definition) is 3. The van der Waals surface area contributed by atoms with Crippen molar-refractivity contribution in [1.29, 1.82) is 5.26 Å². The van der Waals surface area contributed by atoms with Crippen LogP contribution in [-0.4, -0.2) is 32.5 Å². The second-order valence-electron chi connectivity index (χ2n) is 7.29. The van der Waals surface area contributed by atoms with Crippen LogP contribution in [0.1, 0.15) is 24.1 Å². The number of ether oxygens (including phenoxy) is 1.